The standard InChI is InChI=1S/C16H19FN2O/c1-11(19(2)3)10-18-16(20)14-8-9-15(17)13-7-5-4-6-12(13)14/h4-9,11H,10H2,1-3H3,(H,18,20). The third-order valence-electron chi connectivity index (χ3n) is 3.56. The SMILES string of the molecule is CC(CNC(=O)c1ccc(F)c2ccccc12)N(C)C. The molecule has 0 heterocycles. The van der Waals surface area contributed by atoms with Gasteiger partial charge in [0.1, 0.15) is 5.82 Å². The number of benzene rings is 2. The molecule has 0 bridgehead atoms. The number of carbonyl (C=O) groups excluding carboxylic acids is 1. The van der Waals surface area contributed by atoms with Gasteiger partial charge in [0.25, 0.3) is 5.91 Å². The maximum absolute atomic E-state index is 13.7. The van der Waals surface area contributed by atoms with E-state index in [1.165, 1.54) is 12.1 Å². The average molecular weight is 274 g/mol. The van der Waals surface area contributed by atoms with Crippen molar-refractivity contribution >= 4 is 16.7 Å². The third-order valence-corrected chi connectivity index (χ3v) is 3.56. The lowest BCUT2D eigenvalue weighted by atomic mass is 10.0. The highest BCUT2D eigenvalue weighted by Crippen LogP contribution is 2.21. The molecule has 20 heavy (non-hydrogen) atoms. The highest BCUT2D eigenvalue weighted by molar-refractivity contribution is 6.07. The Labute approximate surface area is 118 Å². The average Bonchev–Trinajstić information content (AvgIpc) is 2.45. The van der Waals surface area contributed by atoms with Crippen molar-refractivity contribution < 1.29 is 9.18 Å². The molecule has 3 nitrogen and oxygen atoms in total. The molecule has 0 aromatic heterocycles. The molecule has 106 valence electrons. The van der Waals surface area contributed by atoms with Crippen molar-refractivity contribution in [1.82, 2.24) is 10.2 Å². The topological polar surface area (TPSA) is 32.3 Å². The first kappa shape index (κ1) is 14.5. The molecule has 0 saturated carbocycles. The first-order valence-electron chi connectivity index (χ1n) is 6.62. The monoisotopic (exact) mass is 274 g/mol. The van der Waals surface area contributed by atoms with E-state index < -0.39 is 0 Å². The summed E-state index contributed by atoms with van der Waals surface area (Å²) in [6.45, 7) is 2.58. The van der Waals surface area contributed by atoms with Crippen molar-refractivity contribution in [1.29, 1.82) is 0 Å². The minimum atomic E-state index is -0.307. The lowest BCUT2D eigenvalue weighted by Gasteiger charge is -2.20. The van der Waals surface area contributed by atoms with Crippen LogP contribution >= 0.6 is 0 Å². The van der Waals surface area contributed by atoms with E-state index in [-0.39, 0.29) is 17.8 Å². The third kappa shape index (κ3) is 2.96. The highest BCUT2D eigenvalue weighted by Gasteiger charge is 2.13. The molecule has 0 fully saturated rings. The molecule has 0 aliphatic rings. The molecular formula is C16H19FN2O. The van der Waals surface area contributed by atoms with E-state index in [2.05, 4.69) is 5.32 Å². The zero-order valence-electron chi connectivity index (χ0n) is 12.0. The van der Waals surface area contributed by atoms with Gasteiger partial charge in [-0.2, -0.15) is 0 Å². The molecule has 1 amide bonds. The summed E-state index contributed by atoms with van der Waals surface area (Å²) in [7, 11) is 3.92. The van der Waals surface area contributed by atoms with E-state index >= 15 is 0 Å². The minimum absolute atomic E-state index is 0.171. The maximum Gasteiger partial charge on any atom is 0.251 e. The van der Waals surface area contributed by atoms with E-state index in [1.807, 2.05) is 25.9 Å². The van der Waals surface area contributed by atoms with Gasteiger partial charge in [0.15, 0.2) is 0 Å². The molecule has 1 atom stereocenters. The number of nitrogens with zero attached hydrogens (tertiary/aromatic N) is 1. The number of fused-ring (bicyclic) bond motifs is 1. The normalized spacial score (nSPS) is 12.7. The quantitative estimate of drug-likeness (QED) is 0.929. The summed E-state index contributed by atoms with van der Waals surface area (Å²) in [5, 5.41) is 4.00. The van der Waals surface area contributed by atoms with Crippen LogP contribution in [0.3, 0.4) is 0 Å². The van der Waals surface area contributed by atoms with Gasteiger partial charge in [-0.15, -0.1) is 0 Å². The van der Waals surface area contributed by atoms with Crippen LogP contribution in [0.5, 0.6) is 0 Å². The molecule has 0 radical (unpaired) electrons. The van der Waals surface area contributed by atoms with E-state index in [0.717, 1.165) is 0 Å². The summed E-state index contributed by atoms with van der Waals surface area (Å²) in [4.78, 5) is 14.3. The van der Waals surface area contributed by atoms with Crippen LogP contribution in [0.4, 0.5) is 4.39 Å². The molecule has 0 saturated heterocycles. The Hall–Kier alpha value is -1.94. The van der Waals surface area contributed by atoms with Gasteiger partial charge in [0, 0.05) is 23.5 Å². The first-order chi connectivity index (χ1) is 9.50. The predicted octanol–water partition coefficient (Wildman–Crippen LogP) is 2.66. The van der Waals surface area contributed by atoms with Crippen LogP contribution in [0.25, 0.3) is 10.8 Å². The highest BCUT2D eigenvalue weighted by atomic mass is 19.1. The Kier molecular flexibility index (Phi) is 4.35. The Balaban J connectivity index is 2.25. The number of hydrogen-bond acceptors (Lipinski definition) is 2. The van der Waals surface area contributed by atoms with Crippen molar-refractivity contribution in [2.45, 2.75) is 13.0 Å². The van der Waals surface area contributed by atoms with Crippen molar-refractivity contribution in [2.75, 3.05) is 20.6 Å². The van der Waals surface area contributed by atoms with Gasteiger partial charge in [-0.1, -0.05) is 24.3 Å². The summed E-state index contributed by atoms with van der Waals surface area (Å²) in [6.07, 6.45) is 0. The second-order valence-electron chi connectivity index (χ2n) is 5.16. The number of hydrogen-bond donors (Lipinski definition) is 1. The van der Waals surface area contributed by atoms with Crippen molar-refractivity contribution in [3.63, 3.8) is 0 Å². The summed E-state index contributed by atoms with van der Waals surface area (Å²) >= 11 is 0. The van der Waals surface area contributed by atoms with Crippen LogP contribution in [0.2, 0.25) is 0 Å². The summed E-state index contributed by atoms with van der Waals surface area (Å²) in [5.41, 5.74) is 0.507. The maximum atomic E-state index is 13.7. The van der Waals surface area contributed by atoms with Gasteiger partial charge >= 0.3 is 0 Å². The first-order valence-corrected chi connectivity index (χ1v) is 6.62. The van der Waals surface area contributed by atoms with E-state index in [9.17, 15) is 9.18 Å². The molecule has 1 unspecified atom stereocenters. The van der Waals surface area contributed by atoms with Crippen molar-refractivity contribution in [2.24, 2.45) is 0 Å². The molecule has 0 spiro atoms. The lowest BCUT2D eigenvalue weighted by Crippen LogP contribution is -2.38. The zero-order valence-corrected chi connectivity index (χ0v) is 12.0. The molecule has 2 rings (SSSR count). The molecule has 2 aromatic rings. The fourth-order valence-corrected chi connectivity index (χ4v) is 1.98. The summed E-state index contributed by atoms with van der Waals surface area (Å²) < 4.78 is 13.7. The summed E-state index contributed by atoms with van der Waals surface area (Å²) in [6, 6.07) is 10.1. The number of carbonyl (C=O) groups is 1. The van der Waals surface area contributed by atoms with Gasteiger partial charge in [-0.05, 0) is 38.5 Å². The van der Waals surface area contributed by atoms with Crippen LogP contribution in [-0.4, -0.2) is 37.5 Å². The molecule has 0 aliphatic carbocycles. The van der Waals surface area contributed by atoms with Crippen molar-refractivity contribution in [3.05, 3.63) is 47.8 Å². The van der Waals surface area contributed by atoms with Gasteiger partial charge < -0.3 is 10.2 Å². The predicted molar refractivity (Wildman–Crippen MR) is 79.4 cm³/mol. The fraction of sp³-hybridized carbons (Fsp3) is 0.312. The largest absolute Gasteiger partial charge is 0.350 e. The smallest absolute Gasteiger partial charge is 0.251 e. The number of nitrogens with one attached hydrogen (secondary N) is 1. The number of likely N-dealkylation sites (N-methyl/N-ethyl adjacent to an activating group) is 1. The van der Waals surface area contributed by atoms with E-state index in [0.29, 0.717) is 22.9 Å². The van der Waals surface area contributed by atoms with Gasteiger partial charge in [-0.25, -0.2) is 4.39 Å². The van der Waals surface area contributed by atoms with Crippen LogP contribution in [0.1, 0.15) is 17.3 Å². The van der Waals surface area contributed by atoms with E-state index in [1.54, 1.807) is 24.3 Å². The van der Waals surface area contributed by atoms with E-state index in [4.69, 9.17) is 0 Å². The molecule has 0 aliphatic heterocycles. The fourth-order valence-electron chi connectivity index (χ4n) is 1.98. The number of rotatable bonds is 4. The van der Waals surface area contributed by atoms with Gasteiger partial charge in [0.05, 0.1) is 0 Å². The van der Waals surface area contributed by atoms with Gasteiger partial charge in [0.2, 0.25) is 0 Å². The minimum Gasteiger partial charge on any atom is -0.350 e. The van der Waals surface area contributed by atoms with Crippen LogP contribution in [0, 0.1) is 5.82 Å². The second-order valence-corrected chi connectivity index (χ2v) is 5.16. The molecular weight excluding hydrogens is 255 g/mol. The molecule has 4 heteroatoms. The van der Waals surface area contributed by atoms with Crippen LogP contribution in [-0.2, 0) is 0 Å². The zero-order chi connectivity index (χ0) is 14.7. The molecule has 1 N–H and O–H groups in total. The Morgan fingerprint density at radius 1 is 1.20 bits per heavy atom. The second kappa shape index (κ2) is 6.01. The van der Waals surface area contributed by atoms with Crippen molar-refractivity contribution in [3.8, 4) is 0 Å². The Bertz CT molecular complexity index is 625. The Morgan fingerprint density at radius 2 is 1.85 bits per heavy atom. The summed E-state index contributed by atoms with van der Waals surface area (Å²) in [5.74, 6) is -0.478. The van der Waals surface area contributed by atoms with Crippen LogP contribution < -0.4 is 5.32 Å². The molecule has 2 aromatic carbocycles. The van der Waals surface area contributed by atoms with Gasteiger partial charge in [-0.3, -0.25) is 4.79 Å². The lowest BCUT2D eigenvalue weighted by molar-refractivity contribution is 0.0945. The van der Waals surface area contributed by atoms with Crippen LogP contribution in [0.15, 0.2) is 36.4 Å². The number of amides is 1. The number of halogens is 1. The Morgan fingerprint density at radius 3 is 2.50 bits per heavy atom.